The van der Waals surface area contributed by atoms with E-state index in [0.717, 1.165) is 19.1 Å². The molecule has 1 saturated heterocycles. The van der Waals surface area contributed by atoms with Crippen molar-refractivity contribution in [2.45, 2.75) is 26.1 Å². The summed E-state index contributed by atoms with van der Waals surface area (Å²) in [5.74, 6) is 0. The Kier molecular flexibility index (Phi) is 5.83. The highest BCUT2D eigenvalue weighted by Crippen LogP contribution is 2.11. The molecule has 0 N–H and O–H groups in total. The van der Waals surface area contributed by atoms with Crippen molar-refractivity contribution in [1.29, 1.82) is 0 Å². The third kappa shape index (κ3) is 5.65. The smallest absolute Gasteiger partial charge is 0.412 e. The van der Waals surface area contributed by atoms with Crippen molar-refractivity contribution in [3.05, 3.63) is 0 Å². The van der Waals surface area contributed by atoms with Gasteiger partial charge in [0.05, 0.1) is 6.26 Å². The summed E-state index contributed by atoms with van der Waals surface area (Å²) < 4.78 is 36.7. The first-order valence-corrected chi connectivity index (χ1v) is 7.65. The number of hydrogen-bond donors (Lipinski definition) is 0. The van der Waals surface area contributed by atoms with Crippen molar-refractivity contribution >= 4 is 16.2 Å². The van der Waals surface area contributed by atoms with Crippen LogP contribution in [0.2, 0.25) is 0 Å². The summed E-state index contributed by atoms with van der Waals surface area (Å²) in [4.78, 5) is 13.2. The third-order valence-electron chi connectivity index (χ3n) is 2.34. The minimum atomic E-state index is -3.70. The molecule has 1 rings (SSSR count). The van der Waals surface area contributed by atoms with Crippen LogP contribution in [0.1, 0.15) is 19.8 Å². The van der Waals surface area contributed by atoms with E-state index in [2.05, 4.69) is 4.18 Å². The van der Waals surface area contributed by atoms with E-state index in [0.29, 0.717) is 19.7 Å². The molecular weight excluding hydrogens is 262 g/mol. The monoisotopic (exact) mass is 281 g/mol. The van der Waals surface area contributed by atoms with Crippen LogP contribution in [0.4, 0.5) is 4.79 Å². The second-order valence-corrected chi connectivity index (χ2v) is 5.57. The van der Waals surface area contributed by atoms with Crippen LogP contribution in [0.25, 0.3) is 0 Å². The minimum absolute atomic E-state index is 0.108. The van der Waals surface area contributed by atoms with Gasteiger partial charge in [-0.15, -0.1) is 0 Å². The molecule has 106 valence electrons. The second kappa shape index (κ2) is 6.91. The standard InChI is InChI=1S/C10H19NO6S/c1-3-15-8-9(17-18(2,13)14)16-10(12)11-6-4-5-7-11/h9H,3-8H2,1-2H3. The molecule has 1 aliphatic rings. The van der Waals surface area contributed by atoms with Crippen molar-refractivity contribution in [2.75, 3.05) is 32.6 Å². The highest BCUT2D eigenvalue weighted by atomic mass is 32.2. The van der Waals surface area contributed by atoms with Gasteiger partial charge in [0.1, 0.15) is 6.61 Å². The Hall–Kier alpha value is -0.860. The largest absolute Gasteiger partial charge is 0.416 e. The Bertz CT molecular complexity index is 363. The second-order valence-electron chi connectivity index (χ2n) is 3.97. The van der Waals surface area contributed by atoms with Crippen LogP contribution in [-0.2, 0) is 23.8 Å². The Labute approximate surface area is 107 Å². The average Bonchev–Trinajstić information content (AvgIpc) is 2.77. The van der Waals surface area contributed by atoms with Gasteiger partial charge in [-0.25, -0.2) is 8.98 Å². The maximum atomic E-state index is 11.7. The first-order valence-electron chi connectivity index (χ1n) is 5.84. The van der Waals surface area contributed by atoms with Crippen LogP contribution in [0.5, 0.6) is 0 Å². The highest BCUT2D eigenvalue weighted by molar-refractivity contribution is 7.86. The fourth-order valence-corrected chi connectivity index (χ4v) is 2.06. The van der Waals surface area contributed by atoms with Crippen LogP contribution in [0.15, 0.2) is 0 Å². The summed E-state index contributed by atoms with van der Waals surface area (Å²) >= 11 is 0. The molecule has 0 bridgehead atoms. The number of nitrogens with zero attached hydrogens (tertiary/aromatic N) is 1. The van der Waals surface area contributed by atoms with Crippen LogP contribution in [0.3, 0.4) is 0 Å². The molecule has 0 aliphatic carbocycles. The predicted molar refractivity (Wildman–Crippen MR) is 63.5 cm³/mol. The summed E-state index contributed by atoms with van der Waals surface area (Å²) in [6.07, 6.45) is 0.959. The Morgan fingerprint density at radius 2 is 1.94 bits per heavy atom. The van der Waals surface area contributed by atoms with Gasteiger partial charge in [0, 0.05) is 19.7 Å². The molecule has 7 nitrogen and oxygen atoms in total. The van der Waals surface area contributed by atoms with E-state index in [-0.39, 0.29) is 6.61 Å². The molecule has 1 fully saturated rings. The Balaban J connectivity index is 2.50. The number of carbonyl (C=O) groups excluding carboxylic acids is 1. The molecule has 0 radical (unpaired) electrons. The Morgan fingerprint density at radius 1 is 1.33 bits per heavy atom. The average molecular weight is 281 g/mol. The van der Waals surface area contributed by atoms with E-state index in [1.54, 1.807) is 6.92 Å². The van der Waals surface area contributed by atoms with E-state index in [9.17, 15) is 13.2 Å². The fraction of sp³-hybridized carbons (Fsp3) is 0.900. The number of likely N-dealkylation sites (tertiary alicyclic amines) is 1. The lowest BCUT2D eigenvalue weighted by Crippen LogP contribution is -2.36. The lowest BCUT2D eigenvalue weighted by Gasteiger charge is -2.21. The zero-order valence-electron chi connectivity index (χ0n) is 10.6. The number of hydrogen-bond acceptors (Lipinski definition) is 6. The van der Waals surface area contributed by atoms with Crippen molar-refractivity contribution in [1.82, 2.24) is 4.90 Å². The van der Waals surface area contributed by atoms with Crippen molar-refractivity contribution in [3.63, 3.8) is 0 Å². The first kappa shape index (κ1) is 15.2. The van der Waals surface area contributed by atoms with E-state index in [1.165, 1.54) is 4.90 Å². The van der Waals surface area contributed by atoms with Gasteiger partial charge in [0.15, 0.2) is 0 Å². The summed E-state index contributed by atoms with van der Waals surface area (Å²) in [5, 5.41) is 0. The summed E-state index contributed by atoms with van der Waals surface area (Å²) in [6, 6.07) is 0. The molecule has 0 spiro atoms. The van der Waals surface area contributed by atoms with Crippen molar-refractivity contribution < 1.29 is 26.9 Å². The number of ether oxygens (including phenoxy) is 2. The topological polar surface area (TPSA) is 82.1 Å². The third-order valence-corrected chi connectivity index (χ3v) is 2.90. The number of rotatable bonds is 6. The molecule has 8 heteroatoms. The maximum Gasteiger partial charge on any atom is 0.412 e. The molecule has 1 aliphatic heterocycles. The lowest BCUT2D eigenvalue weighted by atomic mass is 10.4. The SMILES string of the molecule is CCOCC(OC(=O)N1CCCC1)OS(C)(=O)=O. The van der Waals surface area contributed by atoms with Gasteiger partial charge in [0.25, 0.3) is 10.1 Å². The van der Waals surface area contributed by atoms with Gasteiger partial charge in [-0.2, -0.15) is 8.42 Å². The quantitative estimate of drug-likeness (QED) is 0.522. The van der Waals surface area contributed by atoms with Gasteiger partial charge in [0.2, 0.25) is 6.29 Å². The first-order chi connectivity index (χ1) is 8.42. The van der Waals surface area contributed by atoms with E-state index in [1.807, 2.05) is 0 Å². The van der Waals surface area contributed by atoms with Gasteiger partial charge >= 0.3 is 6.09 Å². The molecule has 1 heterocycles. The van der Waals surface area contributed by atoms with Crippen LogP contribution < -0.4 is 0 Å². The molecule has 0 aromatic rings. The van der Waals surface area contributed by atoms with Crippen LogP contribution in [-0.4, -0.2) is 58.3 Å². The minimum Gasteiger partial charge on any atom is -0.416 e. The normalized spacial score (nSPS) is 17.8. The fourth-order valence-electron chi connectivity index (χ4n) is 1.58. The van der Waals surface area contributed by atoms with E-state index >= 15 is 0 Å². The molecule has 0 aromatic carbocycles. The number of amides is 1. The van der Waals surface area contributed by atoms with Gasteiger partial charge in [-0.1, -0.05) is 0 Å². The Morgan fingerprint density at radius 3 is 2.44 bits per heavy atom. The zero-order valence-corrected chi connectivity index (χ0v) is 11.4. The molecule has 1 amide bonds. The van der Waals surface area contributed by atoms with Crippen molar-refractivity contribution in [2.24, 2.45) is 0 Å². The van der Waals surface area contributed by atoms with E-state index in [4.69, 9.17) is 9.47 Å². The van der Waals surface area contributed by atoms with Crippen LogP contribution in [0, 0.1) is 0 Å². The van der Waals surface area contributed by atoms with Gasteiger partial charge in [-0.3, -0.25) is 0 Å². The molecule has 1 atom stereocenters. The summed E-state index contributed by atoms with van der Waals surface area (Å²) in [7, 11) is -3.70. The highest BCUT2D eigenvalue weighted by Gasteiger charge is 2.25. The molecular formula is C10H19NO6S. The molecule has 18 heavy (non-hydrogen) atoms. The molecule has 0 saturated carbocycles. The van der Waals surface area contributed by atoms with Gasteiger partial charge in [-0.05, 0) is 19.8 Å². The predicted octanol–water partition coefficient (Wildman–Crippen LogP) is 0.558. The maximum absolute atomic E-state index is 11.7. The van der Waals surface area contributed by atoms with E-state index < -0.39 is 22.5 Å². The molecule has 0 aromatic heterocycles. The van der Waals surface area contributed by atoms with Gasteiger partial charge < -0.3 is 14.4 Å². The summed E-state index contributed by atoms with van der Waals surface area (Å²) in [6.45, 7) is 3.27. The lowest BCUT2D eigenvalue weighted by molar-refractivity contribution is -0.0854. The molecule has 1 unspecified atom stereocenters. The van der Waals surface area contributed by atoms with Crippen LogP contribution >= 0.6 is 0 Å². The zero-order chi connectivity index (χ0) is 13.6. The van der Waals surface area contributed by atoms with Crippen molar-refractivity contribution in [3.8, 4) is 0 Å². The number of carbonyl (C=O) groups is 1. The summed E-state index contributed by atoms with van der Waals surface area (Å²) in [5.41, 5.74) is 0.